The number of halogens is 2. The number of hydrogen-bond donors (Lipinski definition) is 4. The van der Waals surface area contributed by atoms with E-state index in [1.165, 1.54) is 48.7 Å². The van der Waals surface area contributed by atoms with Gasteiger partial charge in [0.25, 0.3) is 0 Å². The summed E-state index contributed by atoms with van der Waals surface area (Å²) in [5.74, 6) is -1.14. The lowest BCUT2D eigenvalue weighted by molar-refractivity contribution is -0.120. The largest absolute Gasteiger partial charge is 0.369 e. The molecule has 4 bridgehead atoms. The van der Waals surface area contributed by atoms with Crippen molar-refractivity contribution in [3.63, 3.8) is 0 Å². The molecule has 0 saturated carbocycles. The second-order valence-electron chi connectivity index (χ2n) is 10.0. The zero-order valence-electron chi connectivity index (χ0n) is 22.3. The van der Waals surface area contributed by atoms with E-state index in [0.717, 1.165) is 0 Å². The number of amides is 1. The Balaban J connectivity index is 1.42. The molecule has 1 amide bonds. The predicted octanol–water partition coefficient (Wildman–Crippen LogP) is 5.18. The van der Waals surface area contributed by atoms with Gasteiger partial charge in [-0.15, -0.1) is 0 Å². The molecule has 1 aliphatic heterocycles. The lowest BCUT2D eigenvalue weighted by Crippen LogP contribution is -2.35. The molecule has 0 saturated heterocycles. The topological polar surface area (TPSA) is 125 Å². The molecule has 0 radical (unpaired) electrons. The highest BCUT2D eigenvalue weighted by atomic mass is 32.2. The highest BCUT2D eigenvalue weighted by molar-refractivity contribution is 7.89. The van der Waals surface area contributed by atoms with E-state index in [2.05, 4.69) is 30.6 Å². The van der Waals surface area contributed by atoms with Crippen molar-refractivity contribution in [2.24, 2.45) is 0 Å². The predicted molar refractivity (Wildman–Crippen MR) is 154 cm³/mol. The summed E-state index contributed by atoms with van der Waals surface area (Å²) in [6, 6.07) is 16.6. The molecule has 0 unspecified atom stereocenters. The fraction of sp³-hybridized carbons (Fsp3) is 0.207. The van der Waals surface area contributed by atoms with Crippen LogP contribution >= 0.6 is 0 Å². The summed E-state index contributed by atoms with van der Waals surface area (Å²) in [6.07, 6.45) is 1.99. The number of carbonyl (C=O) groups is 1. The summed E-state index contributed by atoms with van der Waals surface area (Å²) in [4.78, 5) is 22.0. The van der Waals surface area contributed by atoms with E-state index in [0.29, 0.717) is 35.6 Å². The minimum atomic E-state index is -3.68. The summed E-state index contributed by atoms with van der Waals surface area (Å²) in [5, 5.41) is 8.76. The van der Waals surface area contributed by atoms with Crippen LogP contribution in [0, 0.1) is 11.6 Å². The van der Waals surface area contributed by atoms with Crippen molar-refractivity contribution in [1.29, 1.82) is 0 Å². The van der Waals surface area contributed by atoms with E-state index in [1.807, 2.05) is 0 Å². The molecule has 0 atom stereocenters. The maximum atomic E-state index is 15.3. The number of sulfonamides is 1. The molecule has 4 aromatic rings. The zero-order chi connectivity index (χ0) is 29.2. The third-order valence-electron chi connectivity index (χ3n) is 6.77. The second kappa shape index (κ2) is 11.2. The number of nitrogens with zero attached hydrogens (tertiary/aromatic N) is 2. The van der Waals surface area contributed by atoms with Crippen LogP contribution in [0.15, 0.2) is 77.8 Å². The van der Waals surface area contributed by atoms with Crippen molar-refractivity contribution < 1.29 is 22.0 Å². The highest BCUT2D eigenvalue weighted by Gasteiger charge is 2.32. The van der Waals surface area contributed by atoms with Crippen molar-refractivity contribution in [2.75, 3.05) is 29.0 Å². The number of benzene rings is 3. The molecule has 12 heteroatoms. The SMILES string of the molecule is CC(C)(C(=O)Nc1ccc(-c2cnc3nc2NCCCNS(=O)(=O)c2cccc(c2)N3)cc1F)c1ccccc1F. The van der Waals surface area contributed by atoms with Gasteiger partial charge in [0, 0.05) is 36.1 Å². The maximum absolute atomic E-state index is 15.3. The lowest BCUT2D eigenvalue weighted by atomic mass is 9.83. The third-order valence-corrected chi connectivity index (χ3v) is 8.23. The van der Waals surface area contributed by atoms with Crippen molar-refractivity contribution in [1.82, 2.24) is 14.7 Å². The van der Waals surface area contributed by atoms with Gasteiger partial charge in [-0.1, -0.05) is 30.3 Å². The minimum absolute atomic E-state index is 0.0533. The van der Waals surface area contributed by atoms with Gasteiger partial charge >= 0.3 is 0 Å². The van der Waals surface area contributed by atoms with E-state index < -0.39 is 33.0 Å². The van der Waals surface area contributed by atoms with Gasteiger partial charge in [-0.3, -0.25) is 4.79 Å². The van der Waals surface area contributed by atoms with Gasteiger partial charge < -0.3 is 16.0 Å². The standard InChI is InChI=1S/C29H28F2N6O3S/c1-29(2,22-9-3-4-10-23(22)30)27(38)36-25-12-11-18(15-24(25)31)21-17-33-28-35-19-7-5-8-20(16-19)41(39,40)34-14-6-13-32-26(21)37-28/h3-5,7-12,15-17,34H,6,13-14H2,1-2H3,(H,36,38)(H2,32,33,35,37). The van der Waals surface area contributed by atoms with Crippen molar-refractivity contribution >= 4 is 39.1 Å². The van der Waals surface area contributed by atoms with E-state index in [-0.39, 0.29) is 28.6 Å². The smallest absolute Gasteiger partial charge is 0.240 e. The Bertz CT molecular complexity index is 1730. The van der Waals surface area contributed by atoms with E-state index in [1.54, 1.807) is 38.1 Å². The molecule has 0 spiro atoms. The number of carbonyl (C=O) groups excluding carboxylic acids is 1. The first-order valence-electron chi connectivity index (χ1n) is 12.9. The van der Waals surface area contributed by atoms with Crippen LogP contribution in [0.3, 0.4) is 0 Å². The normalized spacial score (nSPS) is 14.8. The Morgan fingerprint density at radius 3 is 2.56 bits per heavy atom. The lowest BCUT2D eigenvalue weighted by Gasteiger charge is -2.25. The Morgan fingerprint density at radius 2 is 1.78 bits per heavy atom. The maximum Gasteiger partial charge on any atom is 0.240 e. The van der Waals surface area contributed by atoms with Gasteiger partial charge in [0.2, 0.25) is 21.9 Å². The summed E-state index contributed by atoms with van der Waals surface area (Å²) in [5.41, 5.74) is 0.334. The summed E-state index contributed by atoms with van der Waals surface area (Å²) in [7, 11) is -3.68. The fourth-order valence-corrected chi connectivity index (χ4v) is 5.52. The van der Waals surface area contributed by atoms with Crippen LogP contribution < -0.4 is 20.7 Å². The van der Waals surface area contributed by atoms with Crippen LogP contribution in [0.4, 0.5) is 31.9 Å². The molecule has 1 aliphatic rings. The van der Waals surface area contributed by atoms with E-state index >= 15 is 4.39 Å². The number of aromatic nitrogens is 2. The number of anilines is 4. The Labute approximate surface area is 236 Å². The monoisotopic (exact) mass is 578 g/mol. The number of hydrogen-bond acceptors (Lipinski definition) is 7. The average Bonchev–Trinajstić information content (AvgIpc) is 2.94. The van der Waals surface area contributed by atoms with Crippen molar-refractivity contribution in [3.05, 3.63) is 90.1 Å². The summed E-state index contributed by atoms with van der Waals surface area (Å²) in [6.45, 7) is 3.72. The highest BCUT2D eigenvalue weighted by Crippen LogP contribution is 2.32. The van der Waals surface area contributed by atoms with Gasteiger partial charge in [0.15, 0.2) is 0 Å². The van der Waals surface area contributed by atoms with Crippen LogP contribution in [0.5, 0.6) is 0 Å². The quantitative estimate of drug-likeness (QED) is 0.263. The van der Waals surface area contributed by atoms with Crippen LogP contribution in [0.1, 0.15) is 25.8 Å². The Hall–Kier alpha value is -4.42. The second-order valence-corrected chi connectivity index (χ2v) is 11.8. The molecule has 3 aromatic carbocycles. The van der Waals surface area contributed by atoms with Crippen molar-refractivity contribution in [3.8, 4) is 11.1 Å². The average molecular weight is 579 g/mol. The number of rotatable bonds is 4. The first kappa shape index (κ1) is 28.1. The van der Waals surface area contributed by atoms with Gasteiger partial charge in [-0.2, -0.15) is 4.98 Å². The van der Waals surface area contributed by atoms with Crippen LogP contribution in [0.25, 0.3) is 11.1 Å². The molecule has 0 fully saturated rings. The molecule has 1 aromatic heterocycles. The first-order chi connectivity index (χ1) is 19.5. The zero-order valence-corrected chi connectivity index (χ0v) is 23.1. The third kappa shape index (κ3) is 6.03. The first-order valence-corrected chi connectivity index (χ1v) is 14.4. The number of fused-ring (bicyclic) bond motifs is 4. The molecular weight excluding hydrogens is 550 g/mol. The summed E-state index contributed by atoms with van der Waals surface area (Å²) >= 11 is 0. The molecular formula is C29H28F2N6O3S. The summed E-state index contributed by atoms with van der Waals surface area (Å²) < 4.78 is 57.4. The Kier molecular flexibility index (Phi) is 7.70. The molecule has 41 heavy (non-hydrogen) atoms. The van der Waals surface area contributed by atoms with Gasteiger partial charge in [0.1, 0.15) is 17.5 Å². The van der Waals surface area contributed by atoms with Crippen molar-refractivity contribution in [2.45, 2.75) is 30.6 Å². The molecule has 0 aliphatic carbocycles. The molecule has 9 nitrogen and oxygen atoms in total. The molecule has 212 valence electrons. The Morgan fingerprint density at radius 1 is 0.976 bits per heavy atom. The van der Waals surface area contributed by atoms with E-state index in [4.69, 9.17) is 0 Å². The van der Waals surface area contributed by atoms with Gasteiger partial charge in [-0.05, 0) is 62.2 Å². The van der Waals surface area contributed by atoms with Crippen LogP contribution in [0.2, 0.25) is 0 Å². The van der Waals surface area contributed by atoms with Gasteiger partial charge in [0.05, 0.1) is 16.0 Å². The minimum Gasteiger partial charge on any atom is -0.369 e. The van der Waals surface area contributed by atoms with Crippen LogP contribution in [-0.2, 0) is 20.2 Å². The van der Waals surface area contributed by atoms with E-state index in [9.17, 15) is 17.6 Å². The number of nitrogens with one attached hydrogen (secondary N) is 4. The molecule has 5 rings (SSSR count). The molecule has 4 N–H and O–H groups in total. The molecule has 2 heterocycles. The van der Waals surface area contributed by atoms with Crippen LogP contribution in [-0.4, -0.2) is 37.4 Å². The van der Waals surface area contributed by atoms with Gasteiger partial charge in [-0.25, -0.2) is 26.9 Å². The fourth-order valence-electron chi connectivity index (χ4n) is 4.40.